The molecule has 1 aliphatic rings. The average molecular weight is 312 g/mol. The van der Waals surface area contributed by atoms with E-state index < -0.39 is 0 Å². The minimum atomic E-state index is 0.412. The molecule has 0 aliphatic carbocycles. The van der Waals surface area contributed by atoms with Crippen LogP contribution >= 0.6 is 0 Å². The Labute approximate surface area is 137 Å². The fraction of sp³-hybridized carbons (Fsp3) is 0.412. The summed E-state index contributed by atoms with van der Waals surface area (Å²) < 4.78 is 0. The Hall–Kier alpha value is -2.50. The molecule has 0 saturated carbocycles. The second-order valence-electron chi connectivity index (χ2n) is 5.69. The van der Waals surface area contributed by atoms with Crippen molar-refractivity contribution in [2.45, 2.75) is 25.9 Å². The lowest BCUT2D eigenvalue weighted by Gasteiger charge is -2.20. The molecule has 0 amide bonds. The molecule has 3 rings (SSSR count). The van der Waals surface area contributed by atoms with E-state index in [0.717, 1.165) is 37.7 Å². The van der Waals surface area contributed by atoms with Gasteiger partial charge < -0.3 is 15.5 Å². The van der Waals surface area contributed by atoms with E-state index in [2.05, 4.69) is 68.0 Å². The van der Waals surface area contributed by atoms with Gasteiger partial charge in [0.05, 0.1) is 12.2 Å². The predicted molar refractivity (Wildman–Crippen MR) is 93.6 cm³/mol. The number of para-hydroxylation sites is 1. The highest BCUT2D eigenvalue weighted by Crippen LogP contribution is 2.19. The molecule has 3 N–H and O–H groups in total. The molecule has 1 atom stereocenters. The summed E-state index contributed by atoms with van der Waals surface area (Å²) in [5.41, 5.74) is 2.30. The second kappa shape index (κ2) is 7.67. The Morgan fingerprint density at radius 1 is 1.35 bits per heavy atom. The van der Waals surface area contributed by atoms with Crippen molar-refractivity contribution in [3.05, 3.63) is 48.3 Å². The van der Waals surface area contributed by atoms with E-state index in [-0.39, 0.29) is 0 Å². The zero-order chi connectivity index (χ0) is 15.9. The lowest BCUT2D eigenvalue weighted by Crippen LogP contribution is -2.44. The Morgan fingerprint density at radius 3 is 2.96 bits per heavy atom. The summed E-state index contributed by atoms with van der Waals surface area (Å²) in [7, 11) is 0. The van der Waals surface area contributed by atoms with Gasteiger partial charge in [0.25, 0.3) is 0 Å². The van der Waals surface area contributed by atoms with Crippen LogP contribution in [0.2, 0.25) is 0 Å². The number of aromatic nitrogens is 2. The zero-order valence-corrected chi connectivity index (χ0v) is 13.5. The number of benzene rings is 1. The zero-order valence-electron chi connectivity index (χ0n) is 13.5. The summed E-state index contributed by atoms with van der Waals surface area (Å²) in [6.07, 6.45) is 2.86. The number of nitrogens with zero attached hydrogens (tertiary/aromatic N) is 3. The van der Waals surface area contributed by atoms with Gasteiger partial charge in [0.2, 0.25) is 0 Å². The van der Waals surface area contributed by atoms with Crippen molar-refractivity contribution in [1.29, 1.82) is 0 Å². The summed E-state index contributed by atoms with van der Waals surface area (Å²) in [5.74, 6) is 0.863. The Morgan fingerprint density at radius 2 is 2.22 bits per heavy atom. The van der Waals surface area contributed by atoms with Gasteiger partial charge in [-0.3, -0.25) is 5.10 Å². The summed E-state index contributed by atoms with van der Waals surface area (Å²) in [6, 6.07) is 12.9. The molecule has 1 unspecified atom stereocenters. The van der Waals surface area contributed by atoms with E-state index in [9.17, 15) is 0 Å². The van der Waals surface area contributed by atoms with Gasteiger partial charge in [-0.2, -0.15) is 5.10 Å². The van der Waals surface area contributed by atoms with Gasteiger partial charge in [-0.25, -0.2) is 4.99 Å². The maximum Gasteiger partial charge on any atom is 0.191 e. The van der Waals surface area contributed by atoms with Crippen molar-refractivity contribution in [1.82, 2.24) is 20.8 Å². The van der Waals surface area contributed by atoms with Crippen molar-refractivity contribution in [3.8, 4) is 0 Å². The molecule has 2 aromatic rings. The van der Waals surface area contributed by atoms with Crippen LogP contribution in [0.1, 0.15) is 19.0 Å². The number of nitrogens with one attached hydrogen (secondary N) is 3. The monoisotopic (exact) mass is 312 g/mol. The van der Waals surface area contributed by atoms with Crippen LogP contribution in [0.15, 0.2) is 47.6 Å². The largest absolute Gasteiger partial charge is 0.369 e. The lowest BCUT2D eigenvalue weighted by molar-refractivity contribution is 0.648. The van der Waals surface area contributed by atoms with Crippen molar-refractivity contribution < 1.29 is 0 Å². The van der Waals surface area contributed by atoms with Gasteiger partial charge in [-0.05, 0) is 31.5 Å². The van der Waals surface area contributed by atoms with Crippen LogP contribution in [-0.4, -0.2) is 41.8 Å². The summed E-state index contributed by atoms with van der Waals surface area (Å²) >= 11 is 0. The van der Waals surface area contributed by atoms with Gasteiger partial charge in [0.1, 0.15) is 0 Å². The van der Waals surface area contributed by atoms with Crippen molar-refractivity contribution in [2.24, 2.45) is 4.99 Å². The predicted octanol–water partition coefficient (Wildman–Crippen LogP) is 1.74. The first-order valence-corrected chi connectivity index (χ1v) is 8.18. The molecule has 6 nitrogen and oxygen atoms in total. The minimum Gasteiger partial charge on any atom is -0.369 e. The third-order valence-electron chi connectivity index (χ3n) is 3.96. The number of guanidine groups is 1. The maximum atomic E-state index is 4.62. The first-order valence-electron chi connectivity index (χ1n) is 8.18. The molecule has 1 fully saturated rings. The Bertz CT molecular complexity index is 607. The van der Waals surface area contributed by atoms with Gasteiger partial charge in [-0.15, -0.1) is 0 Å². The lowest BCUT2D eigenvalue weighted by atomic mass is 10.3. The number of aliphatic imine (C=N–C) groups is 1. The van der Waals surface area contributed by atoms with Crippen LogP contribution in [0.3, 0.4) is 0 Å². The number of aromatic amines is 1. The van der Waals surface area contributed by atoms with Crippen LogP contribution < -0.4 is 15.5 Å². The van der Waals surface area contributed by atoms with Crippen LogP contribution in [0.25, 0.3) is 0 Å². The first kappa shape index (κ1) is 15.4. The molecule has 0 bridgehead atoms. The summed E-state index contributed by atoms with van der Waals surface area (Å²) in [6.45, 7) is 5.60. The van der Waals surface area contributed by atoms with Crippen molar-refractivity contribution >= 4 is 11.6 Å². The normalized spacial score (nSPS) is 18.2. The number of hydrogen-bond acceptors (Lipinski definition) is 3. The number of rotatable bonds is 5. The third-order valence-corrected chi connectivity index (χ3v) is 3.96. The topological polar surface area (TPSA) is 68.3 Å². The first-order chi connectivity index (χ1) is 11.3. The van der Waals surface area contributed by atoms with Crippen LogP contribution in [-0.2, 0) is 6.54 Å². The van der Waals surface area contributed by atoms with Crippen LogP contribution in [0, 0.1) is 0 Å². The van der Waals surface area contributed by atoms with E-state index in [1.54, 1.807) is 6.20 Å². The summed E-state index contributed by atoms with van der Waals surface area (Å²) in [4.78, 5) is 7.03. The fourth-order valence-electron chi connectivity index (χ4n) is 2.80. The molecule has 2 heterocycles. The molecule has 0 radical (unpaired) electrons. The van der Waals surface area contributed by atoms with Crippen molar-refractivity contribution in [2.75, 3.05) is 24.5 Å². The van der Waals surface area contributed by atoms with E-state index in [1.807, 2.05) is 6.07 Å². The van der Waals surface area contributed by atoms with Gasteiger partial charge >= 0.3 is 0 Å². The van der Waals surface area contributed by atoms with E-state index in [1.165, 1.54) is 5.69 Å². The van der Waals surface area contributed by atoms with E-state index in [0.29, 0.717) is 12.6 Å². The molecule has 1 saturated heterocycles. The van der Waals surface area contributed by atoms with Gasteiger partial charge in [0.15, 0.2) is 5.96 Å². The molecule has 1 aromatic carbocycles. The average Bonchev–Trinajstić information content (AvgIpc) is 3.25. The molecule has 122 valence electrons. The second-order valence-corrected chi connectivity index (χ2v) is 5.69. The highest BCUT2D eigenvalue weighted by Gasteiger charge is 2.23. The number of hydrogen-bond donors (Lipinski definition) is 3. The maximum absolute atomic E-state index is 4.62. The molecule has 0 spiro atoms. The standard InChI is InChI=1S/C17H24N6/c1-2-18-17(19-12-14-8-10-20-22-14)21-15-9-11-23(13-15)16-6-4-3-5-7-16/h3-8,10,15H,2,9,11-13H2,1H3,(H,20,22)(H2,18,19,21). The van der Waals surface area contributed by atoms with E-state index in [4.69, 9.17) is 0 Å². The molecule has 23 heavy (non-hydrogen) atoms. The van der Waals surface area contributed by atoms with Gasteiger partial charge in [-0.1, -0.05) is 18.2 Å². The molecular weight excluding hydrogens is 288 g/mol. The Balaban J connectivity index is 1.57. The summed E-state index contributed by atoms with van der Waals surface area (Å²) in [5, 5.41) is 13.7. The number of H-pyrrole nitrogens is 1. The third kappa shape index (κ3) is 4.25. The molecule has 6 heteroatoms. The molecule has 1 aliphatic heterocycles. The van der Waals surface area contributed by atoms with Crippen LogP contribution in [0.4, 0.5) is 5.69 Å². The quantitative estimate of drug-likeness (QED) is 0.581. The SMILES string of the molecule is CCNC(=NCc1ccn[nH]1)NC1CCN(c2ccccc2)C1. The highest BCUT2D eigenvalue weighted by atomic mass is 15.2. The minimum absolute atomic E-state index is 0.412. The molecule has 1 aromatic heterocycles. The Kier molecular flexibility index (Phi) is 5.13. The van der Waals surface area contributed by atoms with Gasteiger partial charge in [0, 0.05) is 37.6 Å². The van der Waals surface area contributed by atoms with Crippen LogP contribution in [0.5, 0.6) is 0 Å². The fourth-order valence-corrected chi connectivity index (χ4v) is 2.80. The van der Waals surface area contributed by atoms with E-state index >= 15 is 0 Å². The highest BCUT2D eigenvalue weighted by molar-refractivity contribution is 5.80. The smallest absolute Gasteiger partial charge is 0.191 e. The van der Waals surface area contributed by atoms with Crippen molar-refractivity contribution in [3.63, 3.8) is 0 Å². The number of anilines is 1. The molecular formula is C17H24N6.